The number of non-ortho nitro benzene ring substituents is 2. The van der Waals surface area contributed by atoms with Gasteiger partial charge in [-0.3, -0.25) is 63.9 Å². The minimum absolute atomic E-state index is 0.262. The van der Waals surface area contributed by atoms with Crippen LogP contribution >= 0.6 is 86.5 Å². The van der Waals surface area contributed by atoms with Gasteiger partial charge in [0.25, 0.3) is 22.7 Å². The van der Waals surface area contributed by atoms with Gasteiger partial charge in [-0.05, 0) is 57.8 Å². The van der Waals surface area contributed by atoms with E-state index in [9.17, 15) is 54.6 Å². The Morgan fingerprint density at radius 1 is 0.740 bits per heavy atom. The second kappa shape index (κ2) is 17.9. The lowest BCUT2D eigenvalue weighted by atomic mass is 10.2. The van der Waals surface area contributed by atoms with Gasteiger partial charge >= 0.3 is 20.3 Å². The molecule has 4 amide bonds. The summed E-state index contributed by atoms with van der Waals surface area (Å²) in [6, 6.07) is 2.59. The Morgan fingerprint density at radius 3 is 1.30 bits per heavy atom. The molecule has 0 aromatic heterocycles. The molecule has 2 unspecified atom stereocenters. The van der Waals surface area contributed by atoms with Gasteiger partial charge in [-0.1, -0.05) is 46.4 Å². The maximum atomic E-state index is 13.2. The van der Waals surface area contributed by atoms with Crippen LogP contribution in [0.3, 0.4) is 0 Å². The van der Waals surface area contributed by atoms with E-state index in [-0.39, 0.29) is 13.1 Å². The fourth-order valence-corrected chi connectivity index (χ4v) is 6.17. The lowest BCUT2D eigenvalue weighted by Crippen LogP contribution is -2.51. The quantitative estimate of drug-likeness (QED) is 0.0554. The molecule has 0 aliphatic carbocycles. The van der Waals surface area contributed by atoms with E-state index in [0.29, 0.717) is 12.1 Å². The van der Waals surface area contributed by atoms with Crippen molar-refractivity contribution >= 4 is 133 Å². The van der Waals surface area contributed by atoms with Gasteiger partial charge in [0.05, 0.1) is 31.8 Å². The van der Waals surface area contributed by atoms with Crippen LogP contribution in [-0.4, -0.2) is 63.8 Å². The fourth-order valence-electron chi connectivity index (χ4n) is 3.80. The normalized spacial score (nSPS) is 13.4. The summed E-state index contributed by atoms with van der Waals surface area (Å²) >= 11 is 29.8. The number of carbonyl (C=O) groups is 2. The number of anilines is 2. The molecule has 0 saturated carbocycles. The third kappa shape index (κ3) is 11.4. The van der Waals surface area contributed by atoms with Crippen LogP contribution in [0.4, 0.5) is 43.7 Å². The number of halogens is 6. The molecule has 0 bridgehead atoms. The Labute approximate surface area is 317 Å². The molecule has 274 valence electrons. The predicted octanol–water partition coefficient (Wildman–Crippen LogP) is 7.22. The molecule has 0 heterocycles. The standard InChI is InChI=1S/C22H21Br2Cl4N8O13P/c1-3-31(13-7-5-11(33(39)40)9-15(13)35(43)44)19(37)29-17(21(23,25)26)48-50(47)49-18(22(24,27)28)30-20(38)32(4-2)14-8-6-12(34(41)42)10-16(14)36(45)46/h5-10,17-18,50H,3-4H2,1-2H3,(H,29,37)(H,30,38). The van der Waals surface area contributed by atoms with Crippen molar-refractivity contribution in [2.24, 2.45) is 0 Å². The molecule has 2 aromatic rings. The molecule has 50 heavy (non-hydrogen) atoms. The van der Waals surface area contributed by atoms with Crippen molar-refractivity contribution in [3.8, 4) is 0 Å². The summed E-state index contributed by atoms with van der Waals surface area (Å²) in [6.45, 7) is 2.26. The Morgan fingerprint density at radius 2 is 1.06 bits per heavy atom. The largest absolute Gasteiger partial charge is 0.324 e. The van der Waals surface area contributed by atoms with E-state index in [1.807, 2.05) is 0 Å². The van der Waals surface area contributed by atoms with Crippen LogP contribution in [0.5, 0.6) is 0 Å². The molecule has 2 atom stereocenters. The van der Waals surface area contributed by atoms with Crippen molar-refractivity contribution in [1.29, 1.82) is 0 Å². The van der Waals surface area contributed by atoms with Crippen LogP contribution in [0.15, 0.2) is 36.4 Å². The van der Waals surface area contributed by atoms with Crippen molar-refractivity contribution < 1.29 is 42.9 Å². The van der Waals surface area contributed by atoms with E-state index in [1.165, 1.54) is 13.8 Å². The van der Waals surface area contributed by atoms with E-state index in [0.717, 1.165) is 34.1 Å². The average molecular weight is 938 g/mol. The maximum absolute atomic E-state index is 13.2. The monoisotopic (exact) mass is 934 g/mol. The topological polar surface area (TPSA) is 273 Å². The number of hydrogen-bond donors (Lipinski definition) is 2. The zero-order valence-electron chi connectivity index (χ0n) is 24.8. The van der Waals surface area contributed by atoms with E-state index < -0.39 is 93.1 Å². The Balaban J connectivity index is 2.34. The minimum Gasteiger partial charge on any atom is -0.308 e. The number of rotatable bonds is 16. The molecule has 21 nitrogen and oxygen atoms in total. The number of urea groups is 2. The van der Waals surface area contributed by atoms with Gasteiger partial charge in [-0.2, -0.15) is 0 Å². The van der Waals surface area contributed by atoms with E-state index >= 15 is 0 Å². The Hall–Kier alpha value is -3.15. The summed E-state index contributed by atoms with van der Waals surface area (Å²) in [6.07, 6.45) is -4.00. The van der Waals surface area contributed by atoms with Gasteiger partial charge in [-0.15, -0.1) is 0 Å². The first-order chi connectivity index (χ1) is 23.0. The molecule has 0 fully saturated rings. The molecule has 0 saturated heterocycles. The maximum Gasteiger partial charge on any atom is 0.324 e. The fraction of sp³-hybridized carbons (Fsp3) is 0.364. The first-order valence-electron chi connectivity index (χ1n) is 13.1. The van der Waals surface area contributed by atoms with Crippen molar-refractivity contribution in [1.82, 2.24) is 10.6 Å². The van der Waals surface area contributed by atoms with Crippen molar-refractivity contribution in [3.63, 3.8) is 0 Å². The third-order valence-electron chi connectivity index (χ3n) is 5.97. The average Bonchev–Trinajstić information content (AvgIpc) is 3.00. The summed E-state index contributed by atoms with van der Waals surface area (Å²) in [4.78, 5) is 69.8. The smallest absolute Gasteiger partial charge is 0.308 e. The number of carbonyl (C=O) groups excluding carboxylic acids is 2. The molecule has 2 rings (SSSR count). The highest BCUT2D eigenvalue weighted by atomic mass is 79.9. The number of nitro groups is 4. The molecule has 2 N–H and O–H groups in total. The Kier molecular flexibility index (Phi) is 15.4. The zero-order chi connectivity index (χ0) is 38.3. The van der Waals surface area contributed by atoms with E-state index in [1.54, 1.807) is 0 Å². The number of alkyl halides is 6. The van der Waals surface area contributed by atoms with Gasteiger partial charge in [0, 0.05) is 25.2 Å². The summed E-state index contributed by atoms with van der Waals surface area (Å²) in [5.41, 5.74) is -3.68. The third-order valence-corrected chi connectivity index (χ3v) is 8.45. The van der Waals surface area contributed by atoms with E-state index in [2.05, 4.69) is 42.5 Å². The summed E-state index contributed by atoms with van der Waals surface area (Å²) in [5.74, 6) is 0. The summed E-state index contributed by atoms with van der Waals surface area (Å²) in [5, 5.41) is 49.8. The molecule has 0 aliphatic rings. The van der Waals surface area contributed by atoms with Crippen LogP contribution in [0.25, 0.3) is 0 Å². The molecular weight excluding hydrogens is 917 g/mol. The number of nitro benzene ring substituents is 4. The molecule has 0 radical (unpaired) electrons. The lowest BCUT2D eigenvalue weighted by molar-refractivity contribution is -0.394. The predicted molar refractivity (Wildman–Crippen MR) is 188 cm³/mol. The minimum atomic E-state index is -3.99. The first kappa shape index (κ1) is 43.0. The van der Waals surface area contributed by atoms with Crippen LogP contribution in [0, 0.1) is 40.5 Å². The molecular formula is C22H21Br2Cl4N8O13P. The van der Waals surface area contributed by atoms with Gasteiger partial charge in [0.2, 0.25) is 6.49 Å². The summed E-state index contributed by atoms with van der Waals surface area (Å²) in [7, 11) is -3.99. The van der Waals surface area contributed by atoms with Crippen LogP contribution in [0.1, 0.15) is 13.8 Å². The number of nitrogens with one attached hydrogen (secondary N) is 2. The van der Waals surface area contributed by atoms with Crippen LogP contribution in [0.2, 0.25) is 0 Å². The number of benzene rings is 2. The second-order valence-corrected chi connectivity index (χ2v) is 17.2. The van der Waals surface area contributed by atoms with Gasteiger partial charge in [0.15, 0.2) is 12.5 Å². The number of amides is 4. The van der Waals surface area contributed by atoms with Crippen molar-refractivity contribution in [2.45, 2.75) is 32.8 Å². The molecule has 0 spiro atoms. The number of hydrogen-bond acceptors (Lipinski definition) is 13. The summed E-state index contributed by atoms with van der Waals surface area (Å²) < 4.78 is 18.9. The number of nitrogens with zero attached hydrogens (tertiary/aromatic N) is 6. The highest BCUT2D eigenvalue weighted by Crippen LogP contribution is 2.43. The molecule has 2 aromatic carbocycles. The Bertz CT molecular complexity index is 1580. The van der Waals surface area contributed by atoms with Crippen molar-refractivity contribution in [2.75, 3.05) is 22.9 Å². The van der Waals surface area contributed by atoms with Crippen LogP contribution in [-0.2, 0) is 13.6 Å². The van der Waals surface area contributed by atoms with Gasteiger partial charge in [-0.25, -0.2) is 9.59 Å². The SMILES string of the molecule is CCN(C(=O)NC(O[PH](=O)OC(NC(=O)N(CC)c1ccc([N+](=O)[O-])cc1[N+](=O)[O-])C(Cl)(Cl)Br)C(Cl)(Cl)Br)c1ccc([N+](=O)[O-])cc1[N+](=O)[O-]. The lowest BCUT2D eigenvalue weighted by Gasteiger charge is -2.31. The van der Waals surface area contributed by atoms with Crippen LogP contribution < -0.4 is 20.4 Å². The van der Waals surface area contributed by atoms with Crippen molar-refractivity contribution in [3.05, 3.63) is 76.9 Å². The first-order valence-corrected chi connectivity index (χ1v) is 17.4. The van der Waals surface area contributed by atoms with Gasteiger partial charge < -0.3 is 10.6 Å². The molecule has 28 heteroatoms. The highest BCUT2D eigenvalue weighted by Gasteiger charge is 2.42. The zero-order valence-corrected chi connectivity index (χ0v) is 32.0. The second-order valence-electron chi connectivity index (χ2n) is 9.09. The van der Waals surface area contributed by atoms with E-state index in [4.69, 9.17) is 55.5 Å². The highest BCUT2D eigenvalue weighted by molar-refractivity contribution is 9.11. The van der Waals surface area contributed by atoms with Gasteiger partial charge in [0.1, 0.15) is 11.4 Å². The molecule has 0 aliphatic heterocycles.